The standard InChI is InChI=1S/C13H15N3O3S/c1-18-6-5-16-10(7-12(17)15-13(16)20)9-3-4-14-8-11(9)19-2/h3-4,7-8H,5-6H2,1-2H3,(H,15,17,20). The normalized spacial score (nSPS) is 10.5. The molecule has 0 amide bonds. The van der Waals surface area contributed by atoms with Gasteiger partial charge >= 0.3 is 0 Å². The number of H-pyrrole nitrogens is 1. The van der Waals surface area contributed by atoms with Crippen molar-refractivity contribution < 1.29 is 9.47 Å². The van der Waals surface area contributed by atoms with Gasteiger partial charge in [-0.3, -0.25) is 14.8 Å². The van der Waals surface area contributed by atoms with Crippen molar-refractivity contribution in [2.24, 2.45) is 0 Å². The Labute approximate surface area is 121 Å². The molecule has 0 saturated carbocycles. The molecule has 0 aliphatic carbocycles. The average molecular weight is 293 g/mol. The van der Waals surface area contributed by atoms with Crippen LogP contribution in [0.5, 0.6) is 5.75 Å². The molecule has 0 saturated heterocycles. The Bertz CT molecular complexity index is 708. The molecule has 7 heteroatoms. The van der Waals surface area contributed by atoms with Crippen LogP contribution < -0.4 is 10.3 Å². The van der Waals surface area contributed by atoms with Crippen LogP contribution in [0.25, 0.3) is 11.3 Å². The number of aromatic nitrogens is 3. The summed E-state index contributed by atoms with van der Waals surface area (Å²) in [6, 6.07) is 3.27. The van der Waals surface area contributed by atoms with Crippen molar-refractivity contribution in [3.8, 4) is 17.0 Å². The highest BCUT2D eigenvalue weighted by molar-refractivity contribution is 7.71. The topological polar surface area (TPSA) is 69.1 Å². The van der Waals surface area contributed by atoms with E-state index in [2.05, 4.69) is 9.97 Å². The predicted octanol–water partition coefficient (Wildman–Crippen LogP) is 1.62. The second-order valence-corrected chi connectivity index (χ2v) is 4.43. The summed E-state index contributed by atoms with van der Waals surface area (Å²) < 4.78 is 12.5. The molecule has 6 nitrogen and oxygen atoms in total. The first-order valence-electron chi connectivity index (χ1n) is 5.99. The van der Waals surface area contributed by atoms with E-state index < -0.39 is 0 Å². The third-order valence-corrected chi connectivity index (χ3v) is 3.16. The van der Waals surface area contributed by atoms with Crippen molar-refractivity contribution >= 4 is 12.2 Å². The second kappa shape index (κ2) is 6.44. The molecule has 20 heavy (non-hydrogen) atoms. The van der Waals surface area contributed by atoms with Gasteiger partial charge in [0, 0.05) is 31.5 Å². The van der Waals surface area contributed by atoms with Crippen molar-refractivity contribution in [2.75, 3.05) is 20.8 Å². The molecule has 0 bridgehead atoms. The Morgan fingerprint density at radius 1 is 1.45 bits per heavy atom. The minimum Gasteiger partial charge on any atom is -0.494 e. The summed E-state index contributed by atoms with van der Waals surface area (Å²) in [6.45, 7) is 1.02. The molecular weight excluding hydrogens is 278 g/mol. The zero-order valence-corrected chi connectivity index (χ0v) is 12.1. The van der Waals surface area contributed by atoms with Crippen LogP contribution in [0, 0.1) is 4.77 Å². The van der Waals surface area contributed by atoms with E-state index in [1.165, 1.54) is 6.07 Å². The number of aromatic amines is 1. The third-order valence-electron chi connectivity index (χ3n) is 2.83. The van der Waals surface area contributed by atoms with Gasteiger partial charge in [-0.05, 0) is 18.3 Å². The van der Waals surface area contributed by atoms with Crippen molar-refractivity contribution in [1.29, 1.82) is 0 Å². The van der Waals surface area contributed by atoms with E-state index in [0.717, 1.165) is 5.56 Å². The molecule has 2 rings (SSSR count). The van der Waals surface area contributed by atoms with Crippen LogP contribution in [0.2, 0.25) is 0 Å². The Morgan fingerprint density at radius 2 is 2.25 bits per heavy atom. The highest BCUT2D eigenvalue weighted by atomic mass is 32.1. The molecule has 2 aromatic rings. The number of methoxy groups -OCH3 is 2. The SMILES string of the molecule is COCCn1c(-c2ccncc2OC)cc(=O)[nH]c1=S. The molecular formula is C13H15N3O3S. The summed E-state index contributed by atoms with van der Waals surface area (Å²) in [5.74, 6) is 0.582. The number of hydrogen-bond acceptors (Lipinski definition) is 5. The first-order chi connectivity index (χ1) is 9.67. The first-order valence-corrected chi connectivity index (χ1v) is 6.39. The number of hydrogen-bond donors (Lipinski definition) is 1. The number of pyridine rings is 1. The molecule has 0 unspecified atom stereocenters. The van der Waals surface area contributed by atoms with Crippen molar-refractivity contribution in [3.05, 3.63) is 39.7 Å². The van der Waals surface area contributed by atoms with Crippen molar-refractivity contribution in [1.82, 2.24) is 14.5 Å². The fourth-order valence-corrected chi connectivity index (χ4v) is 2.19. The van der Waals surface area contributed by atoms with E-state index in [4.69, 9.17) is 21.7 Å². The Morgan fingerprint density at radius 3 is 2.95 bits per heavy atom. The van der Waals surface area contributed by atoms with E-state index in [1.807, 2.05) is 0 Å². The number of nitrogens with zero attached hydrogens (tertiary/aromatic N) is 2. The lowest BCUT2D eigenvalue weighted by molar-refractivity contribution is 0.186. The van der Waals surface area contributed by atoms with Gasteiger partial charge in [-0.1, -0.05) is 0 Å². The van der Waals surface area contributed by atoms with Crippen LogP contribution in [-0.2, 0) is 11.3 Å². The maximum Gasteiger partial charge on any atom is 0.252 e. The summed E-state index contributed by atoms with van der Waals surface area (Å²) in [6.07, 6.45) is 3.24. The summed E-state index contributed by atoms with van der Waals surface area (Å²) in [7, 11) is 3.17. The molecule has 0 atom stereocenters. The van der Waals surface area contributed by atoms with Crippen LogP contribution in [-0.4, -0.2) is 35.4 Å². The van der Waals surface area contributed by atoms with E-state index in [1.54, 1.807) is 37.2 Å². The summed E-state index contributed by atoms with van der Waals surface area (Å²) >= 11 is 5.22. The highest BCUT2D eigenvalue weighted by Crippen LogP contribution is 2.27. The number of nitrogens with one attached hydrogen (secondary N) is 1. The Kier molecular flexibility index (Phi) is 4.65. The van der Waals surface area contributed by atoms with Gasteiger partial charge in [-0.2, -0.15) is 0 Å². The van der Waals surface area contributed by atoms with E-state index in [9.17, 15) is 4.79 Å². The van der Waals surface area contributed by atoms with Gasteiger partial charge < -0.3 is 14.0 Å². The monoisotopic (exact) mass is 293 g/mol. The van der Waals surface area contributed by atoms with Gasteiger partial charge in [0.05, 0.1) is 25.6 Å². The molecule has 0 fully saturated rings. The second-order valence-electron chi connectivity index (χ2n) is 4.04. The molecule has 0 aliphatic heterocycles. The smallest absolute Gasteiger partial charge is 0.252 e. The predicted molar refractivity (Wildman–Crippen MR) is 77.5 cm³/mol. The summed E-state index contributed by atoms with van der Waals surface area (Å²) in [4.78, 5) is 18.3. The number of ether oxygens (including phenoxy) is 2. The molecule has 1 N–H and O–H groups in total. The fourth-order valence-electron chi connectivity index (χ4n) is 1.90. The van der Waals surface area contributed by atoms with Gasteiger partial charge in [0.1, 0.15) is 5.75 Å². The minimum absolute atomic E-state index is 0.252. The zero-order chi connectivity index (χ0) is 14.5. The maximum absolute atomic E-state index is 11.7. The minimum atomic E-state index is -0.252. The lowest BCUT2D eigenvalue weighted by Gasteiger charge is -2.15. The van der Waals surface area contributed by atoms with Gasteiger partial charge in [0.15, 0.2) is 4.77 Å². The van der Waals surface area contributed by atoms with Crippen LogP contribution >= 0.6 is 12.2 Å². The maximum atomic E-state index is 11.7. The summed E-state index contributed by atoms with van der Waals surface area (Å²) in [5, 5.41) is 0. The zero-order valence-electron chi connectivity index (χ0n) is 11.3. The average Bonchev–Trinajstić information content (AvgIpc) is 2.45. The lowest BCUT2D eigenvalue weighted by atomic mass is 10.1. The van der Waals surface area contributed by atoms with Crippen molar-refractivity contribution in [3.63, 3.8) is 0 Å². The highest BCUT2D eigenvalue weighted by Gasteiger charge is 2.11. The molecule has 2 aromatic heterocycles. The number of rotatable bonds is 5. The lowest BCUT2D eigenvalue weighted by Crippen LogP contribution is -2.17. The van der Waals surface area contributed by atoms with Gasteiger partial charge in [0.25, 0.3) is 5.56 Å². The van der Waals surface area contributed by atoms with Gasteiger partial charge in [-0.25, -0.2) is 0 Å². The molecule has 0 aromatic carbocycles. The first kappa shape index (κ1) is 14.4. The third kappa shape index (κ3) is 2.94. The molecule has 0 radical (unpaired) electrons. The van der Waals surface area contributed by atoms with Crippen LogP contribution in [0.15, 0.2) is 29.3 Å². The Balaban J connectivity index is 2.65. The van der Waals surface area contributed by atoms with E-state index in [0.29, 0.717) is 29.4 Å². The van der Waals surface area contributed by atoms with Crippen molar-refractivity contribution in [2.45, 2.75) is 6.54 Å². The van der Waals surface area contributed by atoms with Crippen LogP contribution in [0.4, 0.5) is 0 Å². The fraction of sp³-hybridized carbons (Fsp3) is 0.308. The molecule has 106 valence electrons. The quantitative estimate of drug-likeness (QED) is 0.848. The van der Waals surface area contributed by atoms with E-state index >= 15 is 0 Å². The molecule has 0 spiro atoms. The molecule has 0 aliphatic rings. The van der Waals surface area contributed by atoms with Gasteiger partial charge in [-0.15, -0.1) is 0 Å². The van der Waals surface area contributed by atoms with Crippen LogP contribution in [0.3, 0.4) is 0 Å². The van der Waals surface area contributed by atoms with Gasteiger partial charge in [0.2, 0.25) is 0 Å². The summed E-state index contributed by atoms with van der Waals surface area (Å²) in [5.41, 5.74) is 1.18. The largest absolute Gasteiger partial charge is 0.494 e. The Hall–Kier alpha value is -1.99. The van der Waals surface area contributed by atoms with E-state index in [-0.39, 0.29) is 5.56 Å². The van der Waals surface area contributed by atoms with Crippen LogP contribution in [0.1, 0.15) is 0 Å². The molecule has 2 heterocycles.